The maximum atomic E-state index is 12.5. The van der Waals surface area contributed by atoms with Gasteiger partial charge in [0.15, 0.2) is 0 Å². The summed E-state index contributed by atoms with van der Waals surface area (Å²) < 4.78 is 26.7. The van der Waals surface area contributed by atoms with E-state index >= 15 is 0 Å². The average molecular weight is 439 g/mol. The van der Waals surface area contributed by atoms with Gasteiger partial charge in [-0.15, -0.1) is 0 Å². The van der Waals surface area contributed by atoms with E-state index < -0.39 is 10.0 Å². The molecule has 0 unspecified atom stereocenters. The Hall–Kier alpha value is -2.97. The van der Waals surface area contributed by atoms with Gasteiger partial charge in [0.25, 0.3) is 10.0 Å². The predicted octanol–water partition coefficient (Wildman–Crippen LogP) is 1.97. The van der Waals surface area contributed by atoms with Crippen LogP contribution in [0.3, 0.4) is 0 Å². The molecule has 4 rings (SSSR count). The highest BCUT2D eigenvalue weighted by Crippen LogP contribution is 2.22. The molecule has 1 amide bonds. The van der Waals surface area contributed by atoms with Crippen molar-refractivity contribution in [2.75, 3.05) is 39.3 Å². The number of aliphatic imine (C=N–C) groups is 1. The van der Waals surface area contributed by atoms with Gasteiger partial charge in [0, 0.05) is 44.7 Å². The van der Waals surface area contributed by atoms with Crippen molar-refractivity contribution in [3.63, 3.8) is 0 Å². The van der Waals surface area contributed by atoms with E-state index in [4.69, 9.17) is 0 Å². The molecule has 0 atom stereocenters. The summed E-state index contributed by atoms with van der Waals surface area (Å²) in [5.74, 6) is 0.372. The van der Waals surface area contributed by atoms with E-state index in [-0.39, 0.29) is 23.8 Å². The van der Waals surface area contributed by atoms with Gasteiger partial charge in [-0.3, -0.25) is 19.4 Å². The van der Waals surface area contributed by atoms with E-state index in [1.165, 1.54) is 5.56 Å². The smallest absolute Gasteiger partial charge is 0.263 e. The first kappa shape index (κ1) is 21.3. The number of amides is 1. The lowest BCUT2D eigenvalue weighted by molar-refractivity contribution is -0.132. The quantitative estimate of drug-likeness (QED) is 0.748. The standard InChI is InChI=1S/C23H26N4O3S/c28-22(12-13-24-23-20-10-4-5-11-21(20)31(29,30)25-23)27-17-15-26(16-18-27)14-6-9-19-7-2-1-3-8-19/h1-11H,12-18H2,(H,24,25). The third kappa shape index (κ3) is 5.21. The molecule has 1 fully saturated rings. The maximum absolute atomic E-state index is 12.5. The number of nitrogens with zero attached hydrogens (tertiary/aromatic N) is 3. The van der Waals surface area contributed by atoms with Crippen molar-refractivity contribution < 1.29 is 13.2 Å². The summed E-state index contributed by atoms with van der Waals surface area (Å²) in [7, 11) is -3.54. The Kier molecular flexibility index (Phi) is 6.48. The van der Waals surface area contributed by atoms with E-state index in [2.05, 4.69) is 38.9 Å². The molecule has 0 spiro atoms. The Bertz CT molecular complexity index is 1090. The minimum absolute atomic E-state index is 0.0537. The van der Waals surface area contributed by atoms with Gasteiger partial charge in [-0.25, -0.2) is 8.42 Å². The zero-order chi connectivity index (χ0) is 21.7. The van der Waals surface area contributed by atoms with Crippen LogP contribution in [0.5, 0.6) is 0 Å². The lowest BCUT2D eigenvalue weighted by Crippen LogP contribution is -2.48. The molecule has 0 aliphatic carbocycles. The molecule has 0 saturated carbocycles. The Balaban J connectivity index is 1.23. The summed E-state index contributed by atoms with van der Waals surface area (Å²) in [5, 5.41) is 0. The summed E-state index contributed by atoms with van der Waals surface area (Å²) in [4.78, 5) is 21.3. The van der Waals surface area contributed by atoms with Gasteiger partial charge < -0.3 is 4.90 Å². The second-order valence-electron chi connectivity index (χ2n) is 7.58. The fraction of sp³-hybridized carbons (Fsp3) is 0.304. The molecular formula is C23H26N4O3S. The number of sulfonamides is 1. The maximum Gasteiger partial charge on any atom is 0.263 e. The minimum atomic E-state index is -3.54. The number of amidine groups is 1. The Morgan fingerprint density at radius 1 is 1.00 bits per heavy atom. The lowest BCUT2D eigenvalue weighted by Gasteiger charge is -2.34. The van der Waals surface area contributed by atoms with Gasteiger partial charge in [-0.1, -0.05) is 54.6 Å². The topological polar surface area (TPSA) is 82.1 Å². The highest BCUT2D eigenvalue weighted by Gasteiger charge is 2.30. The third-order valence-corrected chi connectivity index (χ3v) is 6.85. The van der Waals surface area contributed by atoms with Crippen LogP contribution in [0.25, 0.3) is 6.08 Å². The lowest BCUT2D eigenvalue weighted by atomic mass is 10.2. The first-order valence-electron chi connectivity index (χ1n) is 10.4. The van der Waals surface area contributed by atoms with Gasteiger partial charge in [0.2, 0.25) is 5.91 Å². The highest BCUT2D eigenvalue weighted by atomic mass is 32.2. The number of hydrogen-bond acceptors (Lipinski definition) is 5. The molecule has 0 bridgehead atoms. The van der Waals surface area contributed by atoms with E-state index in [1.54, 1.807) is 24.3 Å². The number of fused-ring (bicyclic) bond motifs is 1. The second kappa shape index (κ2) is 9.45. The number of carbonyl (C=O) groups is 1. The van der Waals surface area contributed by atoms with Crippen LogP contribution in [0.1, 0.15) is 17.5 Å². The summed E-state index contributed by atoms with van der Waals surface area (Å²) in [6.45, 7) is 4.20. The first-order valence-corrected chi connectivity index (χ1v) is 11.9. The van der Waals surface area contributed by atoms with Gasteiger partial charge in [0.1, 0.15) is 5.84 Å². The van der Waals surface area contributed by atoms with Gasteiger partial charge in [0.05, 0.1) is 11.4 Å². The van der Waals surface area contributed by atoms with Crippen LogP contribution in [-0.2, 0) is 14.8 Å². The fourth-order valence-corrected chi connectivity index (χ4v) is 5.01. The normalized spacial score (nSPS) is 19.5. The van der Waals surface area contributed by atoms with Gasteiger partial charge >= 0.3 is 0 Å². The average Bonchev–Trinajstić information content (AvgIpc) is 3.05. The molecule has 2 aliphatic rings. The Labute approximate surface area is 183 Å². The van der Waals surface area contributed by atoms with Crippen LogP contribution in [-0.4, -0.2) is 69.2 Å². The predicted molar refractivity (Wildman–Crippen MR) is 121 cm³/mol. The first-order chi connectivity index (χ1) is 15.0. The number of nitrogens with one attached hydrogen (secondary N) is 1. The number of hydrogen-bond donors (Lipinski definition) is 1. The Morgan fingerprint density at radius 2 is 1.71 bits per heavy atom. The monoisotopic (exact) mass is 438 g/mol. The van der Waals surface area contributed by atoms with Crippen molar-refractivity contribution in [2.24, 2.45) is 4.99 Å². The van der Waals surface area contributed by atoms with Crippen molar-refractivity contribution in [1.29, 1.82) is 0 Å². The summed E-state index contributed by atoms with van der Waals surface area (Å²) in [6, 6.07) is 16.9. The zero-order valence-electron chi connectivity index (χ0n) is 17.3. The molecule has 31 heavy (non-hydrogen) atoms. The molecule has 7 nitrogen and oxygen atoms in total. The van der Waals surface area contributed by atoms with Crippen molar-refractivity contribution in [1.82, 2.24) is 14.5 Å². The molecule has 1 saturated heterocycles. The molecule has 2 aliphatic heterocycles. The van der Waals surface area contributed by atoms with E-state index in [1.807, 2.05) is 23.1 Å². The summed E-state index contributed by atoms with van der Waals surface area (Å²) in [6.07, 6.45) is 4.54. The number of piperazine rings is 1. The molecule has 2 heterocycles. The van der Waals surface area contributed by atoms with Crippen molar-refractivity contribution in [3.05, 3.63) is 71.8 Å². The van der Waals surface area contributed by atoms with Crippen molar-refractivity contribution in [3.8, 4) is 0 Å². The van der Waals surface area contributed by atoms with E-state index in [0.29, 0.717) is 24.5 Å². The van der Waals surface area contributed by atoms with Crippen LogP contribution in [0.4, 0.5) is 0 Å². The van der Waals surface area contributed by atoms with Crippen LogP contribution in [0.15, 0.2) is 70.6 Å². The molecule has 0 aromatic heterocycles. The summed E-state index contributed by atoms with van der Waals surface area (Å²) >= 11 is 0. The van der Waals surface area contributed by atoms with E-state index in [9.17, 15) is 13.2 Å². The fourth-order valence-electron chi connectivity index (χ4n) is 3.75. The van der Waals surface area contributed by atoms with Crippen molar-refractivity contribution >= 4 is 27.8 Å². The SMILES string of the molecule is O=C(CCN=C1NS(=O)(=O)c2ccccc21)N1CCN(CC=Cc2ccccc2)CC1. The number of carbonyl (C=O) groups excluding carboxylic acids is 1. The zero-order valence-corrected chi connectivity index (χ0v) is 18.1. The largest absolute Gasteiger partial charge is 0.340 e. The molecule has 1 N–H and O–H groups in total. The van der Waals surface area contributed by atoms with Crippen molar-refractivity contribution in [2.45, 2.75) is 11.3 Å². The molecule has 0 radical (unpaired) electrons. The van der Waals surface area contributed by atoms with Crippen LogP contribution in [0, 0.1) is 0 Å². The van der Waals surface area contributed by atoms with Crippen LogP contribution in [0.2, 0.25) is 0 Å². The summed E-state index contributed by atoms with van der Waals surface area (Å²) in [5.41, 5.74) is 1.75. The third-order valence-electron chi connectivity index (χ3n) is 5.46. The Morgan fingerprint density at radius 3 is 2.48 bits per heavy atom. The number of rotatable bonds is 6. The molecule has 162 valence electrons. The molecule has 8 heteroatoms. The van der Waals surface area contributed by atoms with Crippen LogP contribution >= 0.6 is 0 Å². The highest BCUT2D eigenvalue weighted by molar-refractivity contribution is 7.90. The molecule has 2 aromatic rings. The van der Waals surface area contributed by atoms with E-state index in [0.717, 1.165) is 19.6 Å². The second-order valence-corrected chi connectivity index (χ2v) is 9.23. The molecular weight excluding hydrogens is 412 g/mol. The van der Waals surface area contributed by atoms with Crippen LogP contribution < -0.4 is 4.72 Å². The number of benzene rings is 2. The van der Waals surface area contributed by atoms with Gasteiger partial charge in [-0.05, 0) is 17.7 Å². The molecule has 2 aromatic carbocycles. The minimum Gasteiger partial charge on any atom is -0.340 e. The van der Waals surface area contributed by atoms with Gasteiger partial charge in [-0.2, -0.15) is 0 Å².